The number of nitrogens with zero attached hydrogens (tertiary/aromatic N) is 4. The first-order chi connectivity index (χ1) is 14.7. The molecule has 0 aliphatic carbocycles. The lowest BCUT2D eigenvalue weighted by molar-refractivity contribution is 0.233. The number of anilines is 1. The molecule has 4 rings (SSSR count). The third-order valence-electron chi connectivity index (χ3n) is 5.23. The number of thiophene rings is 1. The molecule has 1 aromatic carbocycles. The van der Waals surface area contributed by atoms with E-state index in [0.29, 0.717) is 13.1 Å². The van der Waals surface area contributed by atoms with Crippen molar-refractivity contribution in [2.24, 2.45) is 0 Å². The van der Waals surface area contributed by atoms with E-state index in [2.05, 4.69) is 36.8 Å². The second kappa shape index (κ2) is 8.36. The van der Waals surface area contributed by atoms with Gasteiger partial charge in [0.15, 0.2) is 0 Å². The van der Waals surface area contributed by atoms with Crippen molar-refractivity contribution in [1.82, 2.24) is 14.5 Å². The average Bonchev–Trinajstić information content (AvgIpc) is 3.19. The van der Waals surface area contributed by atoms with Crippen LogP contribution in [0.4, 0.5) is 10.3 Å². The largest absolute Gasteiger partial charge is 0.387 e. The zero-order valence-corrected chi connectivity index (χ0v) is 18.6. The van der Waals surface area contributed by atoms with Crippen LogP contribution in [0.3, 0.4) is 0 Å². The van der Waals surface area contributed by atoms with E-state index in [1.165, 1.54) is 27.9 Å². The average molecular weight is 441 g/mol. The van der Waals surface area contributed by atoms with Crippen molar-refractivity contribution in [1.29, 1.82) is 0 Å². The van der Waals surface area contributed by atoms with Crippen molar-refractivity contribution < 1.29 is 9.50 Å². The van der Waals surface area contributed by atoms with Gasteiger partial charge in [-0.1, -0.05) is 39.0 Å². The molecule has 0 radical (unpaired) electrons. The fourth-order valence-corrected chi connectivity index (χ4v) is 4.55. The summed E-state index contributed by atoms with van der Waals surface area (Å²) in [6, 6.07) is 10.2. The van der Waals surface area contributed by atoms with Gasteiger partial charge < -0.3 is 10.0 Å². The Morgan fingerprint density at radius 2 is 1.94 bits per heavy atom. The van der Waals surface area contributed by atoms with Crippen LogP contribution in [0.1, 0.15) is 36.1 Å². The van der Waals surface area contributed by atoms with E-state index in [-0.39, 0.29) is 29.4 Å². The Balaban J connectivity index is 1.49. The fourth-order valence-electron chi connectivity index (χ4n) is 3.49. The molecular formula is C23H25FN4O2S. The maximum absolute atomic E-state index is 13.2. The van der Waals surface area contributed by atoms with Crippen LogP contribution in [0.25, 0.3) is 5.57 Å². The first kappa shape index (κ1) is 21.4. The fraction of sp³-hybridized carbons (Fsp3) is 0.348. The minimum absolute atomic E-state index is 0.0730. The molecule has 0 bridgehead atoms. The molecule has 8 heteroatoms. The van der Waals surface area contributed by atoms with E-state index >= 15 is 0 Å². The molecule has 1 atom stereocenters. The number of aromatic nitrogens is 3. The van der Waals surface area contributed by atoms with Crippen LogP contribution >= 0.6 is 11.3 Å². The number of hydrogen-bond donors (Lipinski definition) is 1. The maximum Gasteiger partial charge on any atom is 0.352 e. The number of rotatable bonds is 4. The highest BCUT2D eigenvalue weighted by Crippen LogP contribution is 2.29. The Kier molecular flexibility index (Phi) is 5.77. The zero-order valence-electron chi connectivity index (χ0n) is 17.7. The molecule has 0 fully saturated rings. The minimum Gasteiger partial charge on any atom is -0.387 e. The molecule has 1 unspecified atom stereocenters. The summed E-state index contributed by atoms with van der Waals surface area (Å²) in [5.41, 5.74) is 1.20. The maximum atomic E-state index is 13.2. The summed E-state index contributed by atoms with van der Waals surface area (Å²) in [4.78, 5) is 25.1. The highest BCUT2D eigenvalue weighted by atomic mass is 32.1. The summed E-state index contributed by atoms with van der Waals surface area (Å²) in [7, 11) is 0. The van der Waals surface area contributed by atoms with Crippen molar-refractivity contribution in [3.63, 3.8) is 0 Å². The molecule has 162 valence electrons. The van der Waals surface area contributed by atoms with E-state index in [4.69, 9.17) is 0 Å². The van der Waals surface area contributed by atoms with Gasteiger partial charge in [-0.15, -0.1) is 11.3 Å². The predicted molar refractivity (Wildman–Crippen MR) is 121 cm³/mol. The molecular weight excluding hydrogens is 415 g/mol. The molecule has 31 heavy (non-hydrogen) atoms. The van der Waals surface area contributed by atoms with E-state index in [0.717, 1.165) is 16.0 Å². The molecule has 1 aliphatic rings. The smallest absolute Gasteiger partial charge is 0.352 e. The van der Waals surface area contributed by atoms with E-state index in [1.807, 2.05) is 12.1 Å². The quantitative estimate of drug-likeness (QED) is 0.673. The van der Waals surface area contributed by atoms with Crippen molar-refractivity contribution >= 4 is 22.9 Å². The summed E-state index contributed by atoms with van der Waals surface area (Å²) in [6.07, 6.45) is 2.58. The van der Waals surface area contributed by atoms with E-state index in [1.54, 1.807) is 28.4 Å². The Bertz CT molecular complexity index is 1160. The summed E-state index contributed by atoms with van der Waals surface area (Å²) >= 11 is 1.68. The molecule has 1 N–H and O–H groups in total. The lowest BCUT2D eigenvalue weighted by atomic mass is 9.95. The first-order valence-corrected chi connectivity index (χ1v) is 10.9. The second-order valence-corrected chi connectivity index (χ2v) is 9.84. The van der Waals surface area contributed by atoms with Gasteiger partial charge in [0.25, 0.3) is 0 Å². The van der Waals surface area contributed by atoms with Crippen molar-refractivity contribution in [3.8, 4) is 0 Å². The van der Waals surface area contributed by atoms with Crippen LogP contribution in [0.5, 0.6) is 0 Å². The van der Waals surface area contributed by atoms with Gasteiger partial charge >= 0.3 is 5.69 Å². The van der Waals surface area contributed by atoms with Crippen LogP contribution in [-0.2, 0) is 12.0 Å². The summed E-state index contributed by atoms with van der Waals surface area (Å²) in [6.45, 7) is 7.62. The topological polar surface area (TPSA) is 71.2 Å². The monoisotopic (exact) mass is 440 g/mol. The van der Waals surface area contributed by atoms with Crippen LogP contribution in [-0.4, -0.2) is 38.8 Å². The third-order valence-corrected chi connectivity index (χ3v) is 6.72. The number of aliphatic hydroxyl groups excluding tert-OH is 1. The summed E-state index contributed by atoms with van der Waals surface area (Å²) < 4.78 is 14.6. The molecule has 3 aromatic rings. The van der Waals surface area contributed by atoms with Crippen molar-refractivity contribution in [2.45, 2.75) is 38.8 Å². The second-order valence-electron chi connectivity index (χ2n) is 8.67. The number of β-amino-alcohol motifs (C(OH)–C–C–N with tert-alkyl or cyclic N) is 1. The standard InChI is InChI=1S/C23H25FN4O2S/c1-23(2,3)20-9-8-17(31-20)12-28-14-25-21(26-22(28)30)27-11-10-18(19(29)13-27)15-4-6-16(24)7-5-15/h4-10,14,19,29H,11-13H2,1-3H3. The van der Waals surface area contributed by atoms with Gasteiger partial charge in [0.2, 0.25) is 5.95 Å². The molecule has 3 heterocycles. The predicted octanol–water partition coefficient (Wildman–Crippen LogP) is 3.45. The summed E-state index contributed by atoms with van der Waals surface area (Å²) in [5, 5.41) is 10.6. The molecule has 1 aliphatic heterocycles. The van der Waals surface area contributed by atoms with Gasteiger partial charge in [-0.3, -0.25) is 4.57 Å². The van der Waals surface area contributed by atoms with Gasteiger partial charge in [0.1, 0.15) is 12.1 Å². The van der Waals surface area contributed by atoms with Gasteiger partial charge in [0.05, 0.1) is 19.2 Å². The van der Waals surface area contributed by atoms with Gasteiger partial charge in [-0.05, 0) is 40.8 Å². The summed E-state index contributed by atoms with van der Waals surface area (Å²) in [5.74, 6) is -0.0290. The van der Waals surface area contributed by atoms with Crippen LogP contribution < -0.4 is 10.6 Å². The third kappa shape index (κ3) is 4.75. The van der Waals surface area contributed by atoms with Crippen LogP contribution in [0.2, 0.25) is 0 Å². The number of hydrogen-bond acceptors (Lipinski definition) is 6. The van der Waals surface area contributed by atoms with Gasteiger partial charge in [-0.2, -0.15) is 4.98 Å². The number of aliphatic hydroxyl groups is 1. The normalized spacial score (nSPS) is 17.0. The highest BCUT2D eigenvalue weighted by Gasteiger charge is 2.24. The van der Waals surface area contributed by atoms with E-state index < -0.39 is 6.10 Å². The molecule has 0 saturated carbocycles. The lowest BCUT2D eigenvalue weighted by Gasteiger charge is -2.30. The van der Waals surface area contributed by atoms with Crippen molar-refractivity contribution in [3.05, 3.63) is 80.4 Å². The van der Waals surface area contributed by atoms with Gasteiger partial charge in [-0.25, -0.2) is 14.2 Å². The van der Waals surface area contributed by atoms with Gasteiger partial charge in [0, 0.05) is 16.3 Å². The molecule has 0 saturated heterocycles. The Labute approximate surface area is 184 Å². The Morgan fingerprint density at radius 1 is 1.19 bits per heavy atom. The zero-order chi connectivity index (χ0) is 22.2. The molecule has 0 spiro atoms. The van der Waals surface area contributed by atoms with Crippen LogP contribution in [0, 0.1) is 5.82 Å². The Hall–Kier alpha value is -2.84. The highest BCUT2D eigenvalue weighted by molar-refractivity contribution is 7.12. The SMILES string of the molecule is CC(C)(C)c1ccc(Cn2cnc(N3CC=C(c4ccc(F)cc4)C(O)C3)nc2=O)s1. The Morgan fingerprint density at radius 3 is 2.55 bits per heavy atom. The number of benzene rings is 1. The van der Waals surface area contributed by atoms with Crippen molar-refractivity contribution in [2.75, 3.05) is 18.0 Å². The lowest BCUT2D eigenvalue weighted by Crippen LogP contribution is -2.40. The van der Waals surface area contributed by atoms with Crippen LogP contribution in [0.15, 0.2) is 53.6 Å². The number of halogens is 1. The minimum atomic E-state index is -0.785. The first-order valence-electron chi connectivity index (χ1n) is 10.1. The molecule has 6 nitrogen and oxygen atoms in total. The van der Waals surface area contributed by atoms with E-state index in [9.17, 15) is 14.3 Å². The molecule has 2 aromatic heterocycles. The molecule has 0 amide bonds.